The van der Waals surface area contributed by atoms with E-state index >= 15 is 0 Å². The maximum Gasteiger partial charge on any atom is 3.00 e. The van der Waals surface area contributed by atoms with Gasteiger partial charge in [-0.3, -0.25) is 0 Å². The summed E-state index contributed by atoms with van der Waals surface area (Å²) >= 11 is -0.826. The van der Waals surface area contributed by atoms with E-state index in [1.165, 1.54) is 51.4 Å². The molecule has 0 aromatic heterocycles. The van der Waals surface area contributed by atoms with Gasteiger partial charge in [0.25, 0.3) is 0 Å². The molecular weight excluding hydrogens is 862 g/mol. The van der Waals surface area contributed by atoms with Crippen molar-refractivity contribution in [3.05, 3.63) is 54.3 Å². The van der Waals surface area contributed by atoms with Crippen molar-refractivity contribution in [1.82, 2.24) is 0 Å². The molecule has 0 bridgehead atoms. The fourth-order valence-corrected chi connectivity index (χ4v) is 26.1. The SMILES string of the molecule is C=C[Si](C)(C1CCC2CCCCC21)C1CCC2CCCCC21.C=C[Si](C)(C1CCC2CCCCC21)C1CCC2CCCCC21.[CH3-].[CH3-].[CH3-].[CH3-].[Cl][Zr][Cl].[Zr+3]. The van der Waals surface area contributed by atoms with E-state index in [1.807, 2.05) is 0 Å². The van der Waals surface area contributed by atoms with Gasteiger partial charge in [-0.25, -0.2) is 0 Å². The number of halogens is 2. The van der Waals surface area contributed by atoms with Gasteiger partial charge in [0.2, 0.25) is 0 Å². The Morgan fingerprint density at radius 2 is 0.596 bits per heavy atom. The topological polar surface area (TPSA) is 0 Å². The maximum absolute atomic E-state index is 4.93. The molecule has 0 spiro atoms. The summed E-state index contributed by atoms with van der Waals surface area (Å²) in [6.45, 7) is 14.5. The Morgan fingerprint density at radius 1 is 0.404 bits per heavy atom. The van der Waals surface area contributed by atoms with E-state index in [0.717, 1.165) is 69.5 Å². The first-order valence-corrected chi connectivity index (χ1v) is 32.9. The molecule has 8 aliphatic rings. The standard InChI is InChI=1S/2C21H36Si.4CH3.2ClH.2Zr/c2*1-3-22(2,20-14-12-16-8-4-6-10-18(16)20)21-15-13-17-9-5-7-11-19(17)21;;;;;;;;/h2*3,16-21H,1,4-15H2,2H3;4*1H3;2*1H;;/q;;4*-1;;;+2;+3/p-2. The maximum atomic E-state index is 4.93. The minimum absolute atomic E-state index is 0. The number of rotatable bonds is 6. The van der Waals surface area contributed by atoms with Gasteiger partial charge in [-0.15, -0.1) is 24.6 Å². The predicted octanol–water partition coefficient (Wildman–Crippen LogP) is 16.6. The molecule has 0 heterocycles. The van der Waals surface area contributed by atoms with Gasteiger partial charge in [0.05, 0.1) is 16.1 Å². The molecule has 0 amide bonds. The van der Waals surface area contributed by atoms with Crippen molar-refractivity contribution in [1.29, 1.82) is 0 Å². The van der Waals surface area contributed by atoms with Crippen LogP contribution in [-0.4, -0.2) is 16.1 Å². The van der Waals surface area contributed by atoms with Gasteiger partial charge < -0.3 is 29.7 Å². The van der Waals surface area contributed by atoms with Crippen LogP contribution in [0.15, 0.2) is 24.6 Å². The second-order valence-corrected chi connectivity index (χ2v) is 31.8. The molecule has 1 radical (unpaired) electrons. The van der Waals surface area contributed by atoms with Gasteiger partial charge in [0.15, 0.2) is 0 Å². The Morgan fingerprint density at radius 3 is 0.788 bits per heavy atom. The summed E-state index contributed by atoms with van der Waals surface area (Å²) in [5.74, 6) is 8.83. The Labute approximate surface area is 367 Å². The van der Waals surface area contributed by atoms with Gasteiger partial charge in [0.1, 0.15) is 0 Å². The van der Waals surface area contributed by atoms with E-state index in [-0.39, 0.29) is 55.9 Å². The summed E-state index contributed by atoms with van der Waals surface area (Å²) in [6, 6.07) is 0. The van der Waals surface area contributed by atoms with Gasteiger partial charge in [-0.1, -0.05) is 167 Å². The smallest absolute Gasteiger partial charge is 3.00 e. The van der Waals surface area contributed by atoms with Crippen molar-refractivity contribution in [3.63, 3.8) is 0 Å². The minimum Gasteiger partial charge on any atom is 3.00 e. The summed E-state index contributed by atoms with van der Waals surface area (Å²) in [5.41, 5.74) is 9.55. The normalized spacial score (nSPS) is 40.5. The van der Waals surface area contributed by atoms with Crippen LogP contribution in [0.2, 0.25) is 35.3 Å². The van der Waals surface area contributed by atoms with Crippen molar-refractivity contribution >= 4 is 33.2 Å². The molecule has 0 aromatic rings. The first kappa shape index (κ1) is 52.3. The van der Waals surface area contributed by atoms with Crippen LogP contribution in [0.1, 0.15) is 154 Å². The van der Waals surface area contributed by atoms with Crippen LogP contribution in [0, 0.1) is 77.0 Å². The Kier molecular flexibility index (Phi) is 24.5. The second-order valence-electron chi connectivity index (χ2n) is 18.8. The van der Waals surface area contributed by atoms with E-state index in [9.17, 15) is 0 Å². The van der Waals surface area contributed by atoms with Crippen LogP contribution in [-0.2, 0) is 47.1 Å². The molecule has 8 saturated carbocycles. The molecule has 0 saturated heterocycles. The van der Waals surface area contributed by atoms with Crippen molar-refractivity contribution < 1.29 is 47.1 Å². The summed E-state index contributed by atoms with van der Waals surface area (Å²) in [5, 5.41) is 0. The number of hydrogen-bond acceptors (Lipinski definition) is 0. The number of hydrogen-bond donors (Lipinski definition) is 0. The molecule has 299 valence electrons. The third-order valence-corrected chi connectivity index (χ3v) is 28.4. The van der Waals surface area contributed by atoms with Crippen molar-refractivity contribution in [3.8, 4) is 0 Å². The molecule has 12 atom stereocenters. The van der Waals surface area contributed by atoms with Crippen molar-refractivity contribution in [2.75, 3.05) is 0 Å². The Bertz CT molecular complexity index is 882. The molecular formula is C46H84Cl2Si2Zr2-. The molecule has 52 heavy (non-hydrogen) atoms. The van der Waals surface area contributed by atoms with Gasteiger partial charge in [0, 0.05) is 0 Å². The van der Waals surface area contributed by atoms with Crippen LogP contribution in [0.25, 0.3) is 0 Å². The molecule has 8 aliphatic carbocycles. The predicted molar refractivity (Wildman–Crippen MR) is 235 cm³/mol. The van der Waals surface area contributed by atoms with E-state index < -0.39 is 37.0 Å². The summed E-state index contributed by atoms with van der Waals surface area (Å²) in [7, 11) is 7.25. The van der Waals surface area contributed by atoms with E-state index in [1.54, 1.807) is 103 Å². The zero-order valence-corrected chi connectivity index (χ0v) is 43.7. The molecule has 8 rings (SSSR count). The second kappa shape index (κ2) is 24.4. The average molecular weight is 947 g/mol. The van der Waals surface area contributed by atoms with Crippen molar-refractivity contribution in [2.45, 2.75) is 189 Å². The van der Waals surface area contributed by atoms with E-state index in [4.69, 9.17) is 17.0 Å². The third kappa shape index (κ3) is 10.9. The molecule has 6 heteroatoms. The molecule has 0 N–H and O–H groups in total. The molecule has 0 aliphatic heterocycles. The number of fused-ring (bicyclic) bond motifs is 4. The summed E-state index contributed by atoms with van der Waals surface area (Å²) in [4.78, 5) is 0. The van der Waals surface area contributed by atoms with Crippen LogP contribution in [0.4, 0.5) is 0 Å². The van der Waals surface area contributed by atoms with Crippen LogP contribution in [0.5, 0.6) is 0 Å². The van der Waals surface area contributed by atoms with Gasteiger partial charge >= 0.3 is 64.1 Å². The van der Waals surface area contributed by atoms with Crippen LogP contribution in [0.3, 0.4) is 0 Å². The molecule has 0 aromatic carbocycles. The zero-order valence-electron chi connectivity index (χ0n) is 35.2. The van der Waals surface area contributed by atoms with Crippen LogP contribution >= 0.6 is 17.0 Å². The largest absolute Gasteiger partial charge is 3.00 e. The minimum atomic E-state index is -1.31. The fraction of sp³-hybridized carbons (Fsp3) is 0.826. The Balaban J connectivity index is 0.000000444. The fourth-order valence-electron chi connectivity index (χ4n) is 15.2. The van der Waals surface area contributed by atoms with E-state index in [2.05, 4.69) is 37.7 Å². The van der Waals surface area contributed by atoms with E-state index in [0.29, 0.717) is 0 Å². The Hall–Kier alpha value is 2.26. The van der Waals surface area contributed by atoms with Crippen LogP contribution < -0.4 is 0 Å². The first-order chi connectivity index (χ1) is 22.9. The summed E-state index contributed by atoms with van der Waals surface area (Å²) < 4.78 is 0. The summed E-state index contributed by atoms with van der Waals surface area (Å²) in [6.07, 6.45) is 37.2. The average Bonchev–Trinajstić information content (AvgIpc) is 3.93. The monoisotopic (exact) mass is 942 g/mol. The first-order valence-electron chi connectivity index (χ1n) is 21.1. The van der Waals surface area contributed by atoms with Gasteiger partial charge in [-0.2, -0.15) is 0 Å². The quantitative estimate of drug-likeness (QED) is 0.184. The zero-order chi connectivity index (χ0) is 33.0. The molecule has 0 nitrogen and oxygen atoms in total. The van der Waals surface area contributed by atoms with Crippen molar-refractivity contribution in [2.24, 2.45) is 47.3 Å². The molecule has 8 fully saturated rings. The third-order valence-electron chi connectivity index (χ3n) is 17.4. The molecule has 12 unspecified atom stereocenters. The van der Waals surface area contributed by atoms with Gasteiger partial charge in [-0.05, 0) is 69.5 Å².